The van der Waals surface area contributed by atoms with Gasteiger partial charge in [0.25, 0.3) is 0 Å². The summed E-state index contributed by atoms with van der Waals surface area (Å²) in [5.74, 6) is 0.141. The molecule has 2 N–H and O–H groups in total. The number of nitrogens with zero attached hydrogens (tertiary/aromatic N) is 1. The molecule has 10 heteroatoms. The van der Waals surface area contributed by atoms with Crippen LogP contribution in [0.25, 0.3) is 0 Å². The van der Waals surface area contributed by atoms with E-state index in [2.05, 4.69) is 15.0 Å². The molecule has 1 aromatic heterocycles. The Bertz CT molecular complexity index is 881. The molecule has 0 saturated heterocycles. The van der Waals surface area contributed by atoms with Crippen molar-refractivity contribution < 1.29 is 22.7 Å². The summed E-state index contributed by atoms with van der Waals surface area (Å²) in [5.41, 5.74) is 0. The summed E-state index contributed by atoms with van der Waals surface area (Å²) >= 11 is 1.26. The van der Waals surface area contributed by atoms with Crippen LogP contribution in [0.5, 0.6) is 11.5 Å². The van der Waals surface area contributed by atoms with E-state index in [9.17, 15) is 13.2 Å². The molecule has 1 amide bonds. The van der Waals surface area contributed by atoms with Crippen LogP contribution in [-0.2, 0) is 14.8 Å². The van der Waals surface area contributed by atoms with Gasteiger partial charge in [0, 0.05) is 17.6 Å². The van der Waals surface area contributed by atoms with Crippen molar-refractivity contribution in [2.75, 3.05) is 18.5 Å². The fourth-order valence-electron chi connectivity index (χ4n) is 2.39. The Hall–Kier alpha value is -2.17. The number of amides is 1. The monoisotopic (exact) mass is 397 g/mol. The van der Waals surface area contributed by atoms with Gasteiger partial charge in [-0.05, 0) is 18.1 Å². The van der Waals surface area contributed by atoms with Crippen LogP contribution in [0.3, 0.4) is 0 Å². The van der Waals surface area contributed by atoms with Gasteiger partial charge in [0.15, 0.2) is 16.6 Å². The van der Waals surface area contributed by atoms with Crippen LogP contribution in [-0.4, -0.2) is 38.6 Å². The summed E-state index contributed by atoms with van der Waals surface area (Å²) < 4.78 is 38.8. The summed E-state index contributed by atoms with van der Waals surface area (Å²) in [7, 11) is -3.93. The quantitative estimate of drug-likeness (QED) is 0.771. The number of benzene rings is 1. The van der Waals surface area contributed by atoms with Gasteiger partial charge in [-0.25, -0.2) is 13.4 Å². The topological polar surface area (TPSA) is 107 Å². The summed E-state index contributed by atoms with van der Waals surface area (Å²) in [6.45, 7) is 4.30. The van der Waals surface area contributed by atoms with E-state index in [4.69, 9.17) is 9.47 Å². The lowest BCUT2D eigenvalue weighted by Gasteiger charge is -2.22. The largest absolute Gasteiger partial charge is 0.486 e. The van der Waals surface area contributed by atoms with Gasteiger partial charge in [0.2, 0.25) is 15.9 Å². The number of ether oxygens (including phenoxy) is 2. The van der Waals surface area contributed by atoms with Gasteiger partial charge in [-0.3, -0.25) is 4.79 Å². The smallest absolute Gasteiger partial charge is 0.244 e. The van der Waals surface area contributed by atoms with Crippen molar-refractivity contribution in [1.29, 1.82) is 0 Å². The molecule has 140 valence electrons. The molecule has 8 nitrogen and oxygen atoms in total. The van der Waals surface area contributed by atoms with E-state index in [-0.39, 0.29) is 10.8 Å². The zero-order valence-electron chi connectivity index (χ0n) is 14.3. The molecule has 0 aliphatic carbocycles. The van der Waals surface area contributed by atoms with Crippen LogP contribution in [0.4, 0.5) is 5.13 Å². The molecule has 3 rings (SSSR count). The van der Waals surface area contributed by atoms with Crippen LogP contribution in [0.15, 0.2) is 34.7 Å². The number of hydrogen-bond donors (Lipinski definition) is 2. The fraction of sp³-hybridized carbons (Fsp3) is 0.375. The maximum atomic E-state index is 12.7. The lowest BCUT2D eigenvalue weighted by molar-refractivity contribution is -0.118. The van der Waals surface area contributed by atoms with Crippen molar-refractivity contribution in [3.63, 3.8) is 0 Å². The van der Waals surface area contributed by atoms with Gasteiger partial charge >= 0.3 is 0 Å². The van der Waals surface area contributed by atoms with Crippen molar-refractivity contribution in [3.05, 3.63) is 29.8 Å². The Balaban J connectivity index is 1.80. The molecule has 2 heterocycles. The summed E-state index contributed by atoms with van der Waals surface area (Å²) in [6.07, 6.45) is 1.56. The van der Waals surface area contributed by atoms with E-state index in [1.54, 1.807) is 31.5 Å². The third-order valence-corrected chi connectivity index (χ3v) is 5.84. The third kappa shape index (κ3) is 4.14. The average Bonchev–Trinajstić information content (AvgIpc) is 3.12. The molecule has 0 spiro atoms. The first-order valence-electron chi connectivity index (χ1n) is 7.99. The molecule has 1 aliphatic heterocycles. The van der Waals surface area contributed by atoms with Crippen molar-refractivity contribution in [1.82, 2.24) is 9.71 Å². The molecule has 1 aromatic carbocycles. The highest BCUT2D eigenvalue weighted by Gasteiger charge is 2.29. The molecule has 0 fully saturated rings. The number of hydrogen-bond acceptors (Lipinski definition) is 7. The normalized spacial score (nSPS) is 14.9. The molecule has 0 bridgehead atoms. The second-order valence-corrected chi connectivity index (χ2v) is 8.58. The summed E-state index contributed by atoms with van der Waals surface area (Å²) in [4.78, 5) is 16.5. The molecule has 1 aliphatic rings. The second kappa shape index (κ2) is 7.60. The van der Waals surface area contributed by atoms with E-state index < -0.39 is 22.0 Å². The van der Waals surface area contributed by atoms with Gasteiger partial charge in [0.1, 0.15) is 19.3 Å². The van der Waals surface area contributed by atoms with Crippen LogP contribution < -0.4 is 19.5 Å². The van der Waals surface area contributed by atoms with Crippen LogP contribution in [0.1, 0.15) is 13.8 Å². The molecule has 26 heavy (non-hydrogen) atoms. The predicted molar refractivity (Wildman–Crippen MR) is 97.1 cm³/mol. The number of anilines is 1. The molecule has 1 atom stereocenters. The molecular formula is C16H19N3O5S2. The highest BCUT2D eigenvalue weighted by atomic mass is 32.2. The van der Waals surface area contributed by atoms with E-state index in [0.29, 0.717) is 29.8 Å². The third-order valence-electron chi connectivity index (χ3n) is 3.72. The Morgan fingerprint density at radius 3 is 2.62 bits per heavy atom. The van der Waals surface area contributed by atoms with Gasteiger partial charge in [0.05, 0.1) is 4.90 Å². The van der Waals surface area contributed by atoms with Crippen molar-refractivity contribution in [2.24, 2.45) is 5.92 Å². The van der Waals surface area contributed by atoms with Gasteiger partial charge in [-0.1, -0.05) is 13.8 Å². The minimum Gasteiger partial charge on any atom is -0.486 e. The first-order valence-corrected chi connectivity index (χ1v) is 10.4. The highest BCUT2D eigenvalue weighted by molar-refractivity contribution is 7.89. The number of nitrogens with one attached hydrogen (secondary N) is 2. The number of fused-ring (bicyclic) bond motifs is 1. The van der Waals surface area contributed by atoms with Crippen LogP contribution >= 0.6 is 11.3 Å². The number of sulfonamides is 1. The van der Waals surface area contributed by atoms with Gasteiger partial charge < -0.3 is 14.8 Å². The number of rotatable bonds is 6. The maximum Gasteiger partial charge on any atom is 0.244 e. The first-order chi connectivity index (χ1) is 12.4. The number of carbonyl (C=O) groups is 1. The number of thiazole rings is 1. The molecule has 0 radical (unpaired) electrons. The summed E-state index contributed by atoms with van der Waals surface area (Å²) in [6, 6.07) is 3.42. The zero-order chi connectivity index (χ0) is 18.7. The lowest BCUT2D eigenvalue weighted by Crippen LogP contribution is -2.47. The van der Waals surface area contributed by atoms with E-state index in [1.807, 2.05) is 0 Å². The van der Waals surface area contributed by atoms with Crippen molar-refractivity contribution in [2.45, 2.75) is 24.8 Å². The Kier molecular flexibility index (Phi) is 5.44. The number of aromatic nitrogens is 1. The van der Waals surface area contributed by atoms with Gasteiger partial charge in [-0.2, -0.15) is 4.72 Å². The SMILES string of the molecule is CC(C)C(NS(=O)(=O)c1ccc2c(c1)OCCO2)C(=O)Nc1nccs1. The van der Waals surface area contributed by atoms with E-state index in [0.717, 1.165) is 0 Å². The Morgan fingerprint density at radius 1 is 1.23 bits per heavy atom. The number of carbonyl (C=O) groups excluding carboxylic acids is 1. The average molecular weight is 397 g/mol. The first kappa shape index (κ1) is 18.6. The van der Waals surface area contributed by atoms with Crippen molar-refractivity contribution in [3.8, 4) is 11.5 Å². The Morgan fingerprint density at radius 2 is 1.96 bits per heavy atom. The summed E-state index contributed by atoms with van der Waals surface area (Å²) in [5, 5.41) is 4.76. The zero-order valence-corrected chi connectivity index (χ0v) is 15.9. The predicted octanol–water partition coefficient (Wildman–Crippen LogP) is 1.86. The molecule has 2 aromatic rings. The van der Waals surface area contributed by atoms with Crippen molar-refractivity contribution >= 4 is 32.4 Å². The highest BCUT2D eigenvalue weighted by Crippen LogP contribution is 2.32. The lowest BCUT2D eigenvalue weighted by atomic mass is 10.1. The van der Waals surface area contributed by atoms with E-state index in [1.165, 1.54) is 23.5 Å². The Labute approximate surface area is 155 Å². The minimum atomic E-state index is -3.93. The molecule has 1 unspecified atom stereocenters. The standard InChI is InChI=1S/C16H19N3O5S2/c1-10(2)14(15(20)18-16-17-5-8-25-16)19-26(21,22)11-3-4-12-13(9-11)24-7-6-23-12/h3-5,8-10,14,19H,6-7H2,1-2H3,(H,17,18,20). The van der Waals surface area contributed by atoms with Crippen LogP contribution in [0.2, 0.25) is 0 Å². The minimum absolute atomic E-state index is 0.00875. The fourth-order valence-corrected chi connectivity index (χ4v) is 4.28. The van der Waals surface area contributed by atoms with E-state index >= 15 is 0 Å². The maximum absolute atomic E-state index is 12.7. The van der Waals surface area contributed by atoms with Gasteiger partial charge in [-0.15, -0.1) is 11.3 Å². The molecule has 0 saturated carbocycles. The second-order valence-electron chi connectivity index (χ2n) is 5.97. The van der Waals surface area contributed by atoms with Crippen LogP contribution in [0, 0.1) is 5.92 Å². The molecular weight excluding hydrogens is 378 g/mol.